The van der Waals surface area contributed by atoms with Crippen molar-refractivity contribution in [3.63, 3.8) is 0 Å². The molecule has 0 saturated heterocycles. The monoisotopic (exact) mass is 472 g/mol. The summed E-state index contributed by atoms with van der Waals surface area (Å²) in [5.41, 5.74) is 0.904. The summed E-state index contributed by atoms with van der Waals surface area (Å²) in [6.07, 6.45) is 0. The third-order valence-electron chi connectivity index (χ3n) is 3.42. The maximum Gasteiger partial charge on any atom is 0.191 e. The zero-order chi connectivity index (χ0) is 17.7. The highest BCUT2D eigenvalue weighted by atomic mass is 127. The van der Waals surface area contributed by atoms with Crippen molar-refractivity contribution in [2.75, 3.05) is 19.3 Å². The van der Waals surface area contributed by atoms with Crippen LogP contribution in [0, 0.1) is 0 Å². The third-order valence-corrected chi connectivity index (χ3v) is 6.03. The van der Waals surface area contributed by atoms with Gasteiger partial charge in [0.2, 0.25) is 0 Å². The van der Waals surface area contributed by atoms with Gasteiger partial charge < -0.3 is 15.2 Å². The van der Waals surface area contributed by atoms with Crippen LogP contribution in [0.25, 0.3) is 0 Å². The highest BCUT2D eigenvalue weighted by Crippen LogP contribution is 2.15. The van der Waals surface area contributed by atoms with E-state index in [1.54, 1.807) is 27.8 Å². The van der Waals surface area contributed by atoms with Gasteiger partial charge in [-0.15, -0.1) is 24.0 Å². The Labute approximate surface area is 162 Å². The lowest BCUT2D eigenvalue weighted by Gasteiger charge is -2.19. The Hall–Kier alpha value is -0.840. The maximum atomic E-state index is 12.0. The number of halogens is 1. The molecule has 0 aliphatic carbocycles. The SMILES string of the molecule is CN=C(NCCS(=O)(=O)C(C)(C)C)NCc1cc(C(C)C)no1.I. The van der Waals surface area contributed by atoms with Crippen LogP contribution in [-0.2, 0) is 16.4 Å². The summed E-state index contributed by atoms with van der Waals surface area (Å²) in [7, 11) is -1.52. The Morgan fingerprint density at radius 2 is 1.96 bits per heavy atom. The van der Waals surface area contributed by atoms with E-state index in [9.17, 15) is 8.42 Å². The normalized spacial score (nSPS) is 12.9. The Kier molecular flexibility index (Phi) is 9.26. The average molecular weight is 472 g/mol. The number of aliphatic imine (C=N–C) groups is 1. The second kappa shape index (κ2) is 9.59. The third kappa shape index (κ3) is 6.96. The van der Waals surface area contributed by atoms with Crippen LogP contribution in [0.1, 0.15) is 52.0 Å². The fraction of sp³-hybridized carbons (Fsp3) is 0.733. The van der Waals surface area contributed by atoms with Crippen molar-refractivity contribution in [3.05, 3.63) is 17.5 Å². The van der Waals surface area contributed by atoms with Gasteiger partial charge in [0, 0.05) is 19.7 Å². The van der Waals surface area contributed by atoms with Crippen molar-refractivity contribution >= 4 is 39.8 Å². The quantitative estimate of drug-likeness (QED) is 0.375. The number of aromatic nitrogens is 1. The van der Waals surface area contributed by atoms with E-state index >= 15 is 0 Å². The fourth-order valence-corrected chi connectivity index (χ4v) is 2.67. The van der Waals surface area contributed by atoms with Crippen molar-refractivity contribution < 1.29 is 12.9 Å². The Morgan fingerprint density at radius 1 is 1.33 bits per heavy atom. The van der Waals surface area contributed by atoms with Crippen LogP contribution in [-0.4, -0.2) is 43.6 Å². The number of hydrogen-bond donors (Lipinski definition) is 2. The van der Waals surface area contributed by atoms with Crippen LogP contribution in [0.3, 0.4) is 0 Å². The maximum absolute atomic E-state index is 12.0. The van der Waals surface area contributed by atoms with Crippen LogP contribution >= 0.6 is 24.0 Å². The summed E-state index contributed by atoms with van der Waals surface area (Å²) >= 11 is 0. The molecular weight excluding hydrogens is 443 g/mol. The molecule has 1 aromatic heterocycles. The van der Waals surface area contributed by atoms with Gasteiger partial charge in [-0.3, -0.25) is 4.99 Å². The molecule has 1 aromatic rings. The van der Waals surface area contributed by atoms with Crippen LogP contribution < -0.4 is 10.6 Å². The van der Waals surface area contributed by atoms with Gasteiger partial charge in [0.25, 0.3) is 0 Å². The zero-order valence-electron chi connectivity index (χ0n) is 15.2. The van der Waals surface area contributed by atoms with Crippen LogP contribution in [0.15, 0.2) is 15.6 Å². The highest BCUT2D eigenvalue weighted by Gasteiger charge is 2.28. The number of hydrogen-bond acceptors (Lipinski definition) is 5. The number of rotatable bonds is 6. The van der Waals surface area contributed by atoms with Crippen LogP contribution in [0.4, 0.5) is 0 Å². The van der Waals surface area contributed by atoms with Gasteiger partial charge >= 0.3 is 0 Å². The minimum absolute atomic E-state index is 0. The molecule has 0 spiro atoms. The zero-order valence-corrected chi connectivity index (χ0v) is 18.4. The van der Waals surface area contributed by atoms with Gasteiger partial charge in [0.05, 0.1) is 22.7 Å². The average Bonchev–Trinajstić information content (AvgIpc) is 2.90. The number of guanidine groups is 1. The molecule has 0 bridgehead atoms. The lowest BCUT2D eigenvalue weighted by atomic mass is 10.1. The Balaban J connectivity index is 0.00000529. The van der Waals surface area contributed by atoms with E-state index in [1.807, 2.05) is 19.9 Å². The predicted octanol–water partition coefficient (Wildman–Crippen LogP) is 2.29. The van der Waals surface area contributed by atoms with Crippen molar-refractivity contribution in [2.24, 2.45) is 4.99 Å². The molecular formula is C15H29IN4O3S. The molecule has 2 N–H and O–H groups in total. The fourth-order valence-electron chi connectivity index (χ4n) is 1.69. The molecule has 0 aliphatic heterocycles. The molecule has 140 valence electrons. The minimum atomic E-state index is -3.15. The first-order valence-electron chi connectivity index (χ1n) is 7.69. The van der Waals surface area contributed by atoms with Crippen molar-refractivity contribution in [2.45, 2.75) is 51.8 Å². The van der Waals surface area contributed by atoms with E-state index in [2.05, 4.69) is 20.8 Å². The van der Waals surface area contributed by atoms with E-state index in [0.29, 0.717) is 30.7 Å². The standard InChI is InChI=1S/C15H28N4O3S.HI/c1-11(2)13-9-12(22-19-13)10-18-14(16-6)17-7-8-23(20,21)15(3,4)5;/h9,11H,7-8,10H2,1-6H3,(H2,16,17,18);1H. The Bertz CT molecular complexity index is 633. The number of nitrogens with zero attached hydrogens (tertiary/aromatic N) is 2. The molecule has 24 heavy (non-hydrogen) atoms. The van der Waals surface area contributed by atoms with E-state index < -0.39 is 14.6 Å². The molecule has 7 nitrogen and oxygen atoms in total. The molecule has 0 unspecified atom stereocenters. The summed E-state index contributed by atoms with van der Waals surface area (Å²) in [5, 5.41) is 10.1. The molecule has 0 amide bonds. The number of nitrogens with one attached hydrogen (secondary N) is 2. The predicted molar refractivity (Wildman–Crippen MR) is 108 cm³/mol. The van der Waals surface area contributed by atoms with E-state index in [0.717, 1.165) is 5.69 Å². The van der Waals surface area contributed by atoms with Gasteiger partial charge in [-0.2, -0.15) is 0 Å². The number of sulfone groups is 1. The summed E-state index contributed by atoms with van der Waals surface area (Å²) in [5.74, 6) is 1.60. The first-order valence-corrected chi connectivity index (χ1v) is 9.34. The molecule has 9 heteroatoms. The molecule has 1 rings (SSSR count). The molecule has 0 aromatic carbocycles. The van der Waals surface area contributed by atoms with Gasteiger partial charge in [-0.25, -0.2) is 8.42 Å². The largest absolute Gasteiger partial charge is 0.359 e. The molecule has 1 heterocycles. The molecule has 0 atom stereocenters. The van der Waals surface area contributed by atoms with E-state index in [1.165, 1.54) is 0 Å². The smallest absolute Gasteiger partial charge is 0.191 e. The van der Waals surface area contributed by atoms with Gasteiger partial charge in [0.1, 0.15) is 0 Å². The van der Waals surface area contributed by atoms with Gasteiger partial charge in [-0.05, 0) is 26.7 Å². The van der Waals surface area contributed by atoms with Gasteiger partial charge in [0.15, 0.2) is 21.6 Å². The van der Waals surface area contributed by atoms with E-state index in [4.69, 9.17) is 4.52 Å². The topological polar surface area (TPSA) is 96.6 Å². The summed E-state index contributed by atoms with van der Waals surface area (Å²) in [6, 6.07) is 1.90. The summed E-state index contributed by atoms with van der Waals surface area (Å²) in [4.78, 5) is 4.06. The van der Waals surface area contributed by atoms with Crippen molar-refractivity contribution in [3.8, 4) is 0 Å². The van der Waals surface area contributed by atoms with Crippen molar-refractivity contribution in [1.82, 2.24) is 15.8 Å². The molecule has 0 fully saturated rings. The lowest BCUT2D eigenvalue weighted by Crippen LogP contribution is -2.41. The molecule has 0 aliphatic rings. The second-order valence-corrected chi connectivity index (χ2v) is 9.52. The Morgan fingerprint density at radius 3 is 2.42 bits per heavy atom. The minimum Gasteiger partial charge on any atom is -0.359 e. The van der Waals surface area contributed by atoms with Crippen LogP contribution in [0.5, 0.6) is 0 Å². The van der Waals surface area contributed by atoms with Crippen LogP contribution in [0.2, 0.25) is 0 Å². The second-order valence-electron chi connectivity index (χ2n) is 6.66. The molecule has 0 radical (unpaired) electrons. The highest BCUT2D eigenvalue weighted by molar-refractivity contribution is 14.0. The first kappa shape index (κ1) is 23.2. The summed E-state index contributed by atoms with van der Waals surface area (Å²) in [6.45, 7) is 9.93. The van der Waals surface area contributed by atoms with Crippen molar-refractivity contribution in [1.29, 1.82) is 0 Å². The van der Waals surface area contributed by atoms with E-state index in [-0.39, 0.29) is 29.7 Å². The first-order chi connectivity index (χ1) is 10.6. The lowest BCUT2D eigenvalue weighted by molar-refractivity contribution is 0.372. The van der Waals surface area contributed by atoms with Gasteiger partial charge in [-0.1, -0.05) is 19.0 Å². The molecule has 0 saturated carbocycles. The summed E-state index contributed by atoms with van der Waals surface area (Å²) < 4.78 is 28.6.